The van der Waals surface area contributed by atoms with Crippen LogP contribution in [0.4, 0.5) is 0 Å². The van der Waals surface area contributed by atoms with Crippen LogP contribution in [0.1, 0.15) is 42.9 Å². The van der Waals surface area contributed by atoms with Gasteiger partial charge < -0.3 is 14.4 Å². The highest BCUT2D eigenvalue weighted by atomic mass is 35.5. The maximum atomic E-state index is 13.9. The van der Waals surface area contributed by atoms with Crippen molar-refractivity contribution in [1.29, 1.82) is 0 Å². The normalized spacial score (nSPS) is 26.4. The third kappa shape index (κ3) is 4.04. The van der Waals surface area contributed by atoms with Gasteiger partial charge in [0.25, 0.3) is 0 Å². The smallest absolute Gasteiger partial charge is 0.233 e. The highest BCUT2D eigenvalue weighted by Crippen LogP contribution is 2.49. The van der Waals surface area contributed by atoms with Crippen LogP contribution in [-0.2, 0) is 19.7 Å². The predicted molar refractivity (Wildman–Crippen MR) is 114 cm³/mol. The van der Waals surface area contributed by atoms with Gasteiger partial charge in [-0.15, -0.1) is 0 Å². The number of carbonyl (C=O) groups is 1. The first-order chi connectivity index (χ1) is 14.0. The van der Waals surface area contributed by atoms with Crippen molar-refractivity contribution in [3.8, 4) is 0 Å². The lowest BCUT2D eigenvalue weighted by molar-refractivity contribution is -0.159. The monoisotopic (exact) mass is 433 g/mol. The van der Waals surface area contributed by atoms with E-state index in [1.807, 2.05) is 47.4 Å². The summed E-state index contributed by atoms with van der Waals surface area (Å²) < 4.78 is 10.8. The van der Waals surface area contributed by atoms with Crippen molar-refractivity contribution in [2.75, 3.05) is 20.4 Å². The molecule has 0 radical (unpaired) electrons. The average Bonchev–Trinajstić information content (AvgIpc) is 3.18. The van der Waals surface area contributed by atoms with E-state index in [1.165, 1.54) is 0 Å². The van der Waals surface area contributed by atoms with Crippen molar-refractivity contribution >= 4 is 29.1 Å². The molecule has 4 rings (SSSR count). The Kier molecular flexibility index (Phi) is 6.16. The van der Waals surface area contributed by atoms with Crippen molar-refractivity contribution in [3.63, 3.8) is 0 Å². The molecule has 1 unspecified atom stereocenters. The van der Waals surface area contributed by atoms with Gasteiger partial charge in [-0.2, -0.15) is 0 Å². The van der Waals surface area contributed by atoms with Crippen LogP contribution in [0, 0.1) is 0 Å². The molecule has 2 aliphatic rings. The summed E-state index contributed by atoms with van der Waals surface area (Å²) in [6.45, 7) is 0.999. The number of benzene rings is 2. The zero-order chi connectivity index (χ0) is 20.4. The quantitative estimate of drug-likeness (QED) is 0.574. The summed E-state index contributed by atoms with van der Waals surface area (Å²) in [5, 5.41) is 1.37. The summed E-state index contributed by atoms with van der Waals surface area (Å²) in [6.07, 6.45) is 3.25. The number of methoxy groups -OCH3 is 1. The summed E-state index contributed by atoms with van der Waals surface area (Å²) >= 11 is 12.3. The van der Waals surface area contributed by atoms with Gasteiger partial charge in [-0.1, -0.05) is 47.5 Å². The molecule has 4 nitrogen and oxygen atoms in total. The van der Waals surface area contributed by atoms with Crippen molar-refractivity contribution < 1.29 is 14.3 Å². The Labute approximate surface area is 181 Å². The maximum Gasteiger partial charge on any atom is 0.233 e. The molecule has 2 aromatic rings. The van der Waals surface area contributed by atoms with Crippen LogP contribution in [0.5, 0.6) is 0 Å². The molecule has 0 spiro atoms. The molecule has 1 amide bonds. The molecule has 0 bridgehead atoms. The standard InChI is InChI=1S/C23H25Cl2NO3/c1-28-15-29-20-13-23(14-20,17-7-9-18(24)10-8-17)22(27)26-11-3-6-21(26)16-4-2-5-19(25)12-16/h2,4-5,7-10,12,20-21H,3,6,11,13-15H2,1H3. The van der Waals surface area contributed by atoms with E-state index in [0.29, 0.717) is 22.9 Å². The first-order valence-electron chi connectivity index (χ1n) is 9.96. The van der Waals surface area contributed by atoms with E-state index >= 15 is 0 Å². The summed E-state index contributed by atoms with van der Waals surface area (Å²) in [5.74, 6) is 0.166. The number of rotatable bonds is 6. The van der Waals surface area contributed by atoms with Gasteiger partial charge in [0.05, 0.1) is 17.6 Å². The number of amides is 1. The lowest BCUT2D eigenvalue weighted by Crippen LogP contribution is -2.56. The molecule has 1 aliphatic heterocycles. The lowest BCUT2D eigenvalue weighted by atomic mass is 9.61. The molecule has 2 fully saturated rings. The van der Waals surface area contributed by atoms with Gasteiger partial charge in [-0.25, -0.2) is 0 Å². The molecule has 1 aliphatic carbocycles. The Hall–Kier alpha value is -1.59. The van der Waals surface area contributed by atoms with E-state index in [2.05, 4.69) is 6.07 Å². The van der Waals surface area contributed by atoms with Crippen LogP contribution in [0.25, 0.3) is 0 Å². The molecule has 0 N–H and O–H groups in total. The Balaban J connectivity index is 1.62. The number of halogens is 2. The van der Waals surface area contributed by atoms with Crippen LogP contribution >= 0.6 is 23.2 Å². The van der Waals surface area contributed by atoms with Crippen LogP contribution in [0.3, 0.4) is 0 Å². The summed E-state index contributed by atoms with van der Waals surface area (Å²) in [6, 6.07) is 15.6. The molecule has 6 heteroatoms. The molecule has 1 heterocycles. The molecule has 154 valence electrons. The zero-order valence-electron chi connectivity index (χ0n) is 16.4. The van der Waals surface area contributed by atoms with Gasteiger partial charge in [-0.3, -0.25) is 4.79 Å². The van der Waals surface area contributed by atoms with Gasteiger partial charge in [0, 0.05) is 23.7 Å². The summed E-state index contributed by atoms with van der Waals surface area (Å²) in [4.78, 5) is 15.9. The van der Waals surface area contributed by atoms with E-state index < -0.39 is 5.41 Å². The fourth-order valence-corrected chi connectivity index (χ4v) is 4.97. The van der Waals surface area contributed by atoms with Gasteiger partial charge >= 0.3 is 0 Å². The highest BCUT2D eigenvalue weighted by Gasteiger charge is 2.54. The fraction of sp³-hybridized carbons (Fsp3) is 0.435. The molecule has 0 aromatic heterocycles. The molecule has 1 saturated heterocycles. The second-order valence-corrected chi connectivity index (χ2v) is 8.78. The van der Waals surface area contributed by atoms with Gasteiger partial charge in [-0.05, 0) is 61.1 Å². The number of nitrogens with zero attached hydrogens (tertiary/aromatic N) is 1. The minimum absolute atomic E-state index is 0.0156. The molecular formula is C23H25Cl2NO3. The number of hydrogen-bond acceptors (Lipinski definition) is 3. The number of carbonyl (C=O) groups excluding carboxylic acids is 1. The zero-order valence-corrected chi connectivity index (χ0v) is 18.0. The second kappa shape index (κ2) is 8.65. The van der Waals surface area contributed by atoms with Crippen molar-refractivity contribution in [3.05, 3.63) is 69.7 Å². The molecule has 1 saturated carbocycles. The van der Waals surface area contributed by atoms with E-state index in [4.69, 9.17) is 32.7 Å². The summed E-state index contributed by atoms with van der Waals surface area (Å²) in [5.41, 5.74) is 1.52. The minimum atomic E-state index is -0.579. The van der Waals surface area contributed by atoms with E-state index in [9.17, 15) is 4.79 Å². The Morgan fingerprint density at radius 3 is 2.59 bits per heavy atom. The van der Waals surface area contributed by atoms with Crippen molar-refractivity contribution in [1.82, 2.24) is 4.90 Å². The maximum absolute atomic E-state index is 13.9. The highest BCUT2D eigenvalue weighted by molar-refractivity contribution is 6.30. The molecule has 2 aromatic carbocycles. The summed E-state index contributed by atoms with van der Waals surface area (Å²) in [7, 11) is 1.61. The van der Waals surface area contributed by atoms with Crippen molar-refractivity contribution in [2.24, 2.45) is 0 Å². The Morgan fingerprint density at radius 2 is 1.90 bits per heavy atom. The largest absolute Gasteiger partial charge is 0.359 e. The van der Waals surface area contributed by atoms with Crippen LogP contribution < -0.4 is 0 Å². The number of likely N-dealkylation sites (tertiary alicyclic amines) is 1. The predicted octanol–water partition coefficient (Wildman–Crippen LogP) is 5.38. The van der Waals surface area contributed by atoms with Crippen LogP contribution in [0.2, 0.25) is 10.0 Å². The topological polar surface area (TPSA) is 38.8 Å². The van der Waals surface area contributed by atoms with Crippen molar-refractivity contribution in [2.45, 2.75) is 43.2 Å². The second-order valence-electron chi connectivity index (χ2n) is 7.90. The number of hydrogen-bond donors (Lipinski definition) is 0. The van der Waals surface area contributed by atoms with E-state index in [1.54, 1.807) is 7.11 Å². The SMILES string of the molecule is COCOC1CC(C(=O)N2CCCC2c2cccc(Cl)c2)(c2ccc(Cl)cc2)C1. The van der Waals surface area contributed by atoms with Gasteiger partial charge in [0.15, 0.2) is 0 Å². The first-order valence-corrected chi connectivity index (χ1v) is 10.7. The van der Waals surface area contributed by atoms with Crippen LogP contribution in [-0.4, -0.2) is 37.4 Å². The number of ether oxygens (including phenoxy) is 2. The lowest BCUT2D eigenvalue weighted by Gasteiger charge is -2.48. The molecular weight excluding hydrogens is 409 g/mol. The van der Waals surface area contributed by atoms with Gasteiger partial charge in [0.2, 0.25) is 5.91 Å². The third-order valence-corrected chi connectivity index (χ3v) is 6.61. The van der Waals surface area contributed by atoms with Crippen LogP contribution in [0.15, 0.2) is 48.5 Å². The van der Waals surface area contributed by atoms with E-state index in [-0.39, 0.29) is 24.8 Å². The average molecular weight is 434 g/mol. The van der Waals surface area contributed by atoms with Gasteiger partial charge in [0.1, 0.15) is 6.79 Å². The third-order valence-electron chi connectivity index (χ3n) is 6.13. The Morgan fingerprint density at radius 1 is 1.14 bits per heavy atom. The fourth-order valence-electron chi connectivity index (χ4n) is 4.65. The first kappa shape index (κ1) is 20.7. The minimum Gasteiger partial charge on any atom is -0.359 e. The Bertz CT molecular complexity index is 865. The molecule has 1 atom stereocenters. The van der Waals surface area contributed by atoms with E-state index in [0.717, 1.165) is 30.5 Å². The molecule has 29 heavy (non-hydrogen) atoms.